The van der Waals surface area contributed by atoms with Crippen LogP contribution in [0.3, 0.4) is 0 Å². The molecule has 0 radical (unpaired) electrons. The van der Waals surface area contributed by atoms with Crippen molar-refractivity contribution in [2.75, 3.05) is 0 Å². The molecule has 3 nitrogen and oxygen atoms in total. The first kappa shape index (κ1) is 15.5. The summed E-state index contributed by atoms with van der Waals surface area (Å²) in [5.74, 6) is -0.398. The molecular weight excluding hydrogens is 379 g/mol. The lowest BCUT2D eigenvalue weighted by Crippen LogP contribution is -2.51. The number of nitrogens with zero attached hydrogens (tertiary/aromatic N) is 2. The number of fused-ring (bicyclic) bond motifs is 1. The van der Waals surface area contributed by atoms with Crippen molar-refractivity contribution < 1.29 is 13.2 Å². The molecule has 1 N–H and O–H groups in total. The number of halogens is 4. The zero-order valence-electron chi connectivity index (χ0n) is 11.4. The number of hydrogen-bond donors (Lipinski definition) is 1. The number of rotatable bonds is 2. The van der Waals surface area contributed by atoms with Crippen LogP contribution in [0.1, 0.15) is 30.3 Å². The van der Waals surface area contributed by atoms with Gasteiger partial charge >= 0.3 is 0 Å². The van der Waals surface area contributed by atoms with Crippen LogP contribution >= 0.6 is 28.1 Å². The van der Waals surface area contributed by atoms with Crippen molar-refractivity contribution in [1.82, 2.24) is 15.1 Å². The second kappa shape index (κ2) is 5.34. The molecule has 1 aromatic heterocycles. The first-order valence-electron chi connectivity index (χ1n) is 6.44. The highest BCUT2D eigenvalue weighted by Gasteiger charge is 2.37. The molecule has 3 rings (SSSR count). The molecule has 22 heavy (non-hydrogen) atoms. The molecule has 8 heteroatoms. The van der Waals surface area contributed by atoms with Crippen LogP contribution < -0.4 is 5.32 Å². The first-order chi connectivity index (χ1) is 10.3. The van der Waals surface area contributed by atoms with Crippen molar-refractivity contribution in [3.05, 3.63) is 51.5 Å². The topological polar surface area (TPSA) is 29.9 Å². The minimum atomic E-state index is -2.67. The maximum atomic E-state index is 14.2. The second-order valence-electron chi connectivity index (χ2n) is 5.32. The molecule has 0 bridgehead atoms. The third-order valence-corrected chi connectivity index (χ3v) is 4.44. The van der Waals surface area contributed by atoms with Gasteiger partial charge in [0.1, 0.15) is 16.5 Å². The van der Waals surface area contributed by atoms with Crippen molar-refractivity contribution in [3.63, 3.8) is 0 Å². The lowest BCUT2D eigenvalue weighted by atomic mass is 9.90. The van der Waals surface area contributed by atoms with Gasteiger partial charge in [-0.25, -0.2) is 13.2 Å². The van der Waals surface area contributed by atoms with Crippen LogP contribution in [-0.4, -0.2) is 14.8 Å². The Kier molecular flexibility index (Phi) is 3.76. The number of nitrogens with one attached hydrogen (secondary N) is 1. The van der Waals surface area contributed by atoms with Gasteiger partial charge in [0, 0.05) is 10.0 Å². The summed E-state index contributed by atoms with van der Waals surface area (Å²) in [7, 11) is 0. The molecule has 116 valence electrons. The van der Waals surface area contributed by atoms with Gasteiger partial charge in [0.2, 0.25) is 0 Å². The van der Waals surface area contributed by atoms with Crippen LogP contribution in [0.4, 0.5) is 13.2 Å². The summed E-state index contributed by atoms with van der Waals surface area (Å²) in [5, 5.41) is 6.93. The van der Waals surface area contributed by atoms with Gasteiger partial charge in [-0.15, -0.1) is 0 Å². The molecule has 2 aromatic rings. The van der Waals surface area contributed by atoms with Crippen LogP contribution in [0.2, 0.25) is 0 Å². The zero-order valence-corrected chi connectivity index (χ0v) is 13.8. The van der Waals surface area contributed by atoms with Crippen molar-refractivity contribution in [3.8, 4) is 0 Å². The zero-order chi connectivity index (χ0) is 16.1. The highest BCUT2D eigenvalue weighted by molar-refractivity contribution is 9.10. The molecule has 0 saturated heterocycles. The molecule has 1 atom stereocenters. The van der Waals surface area contributed by atoms with Crippen LogP contribution in [0.25, 0.3) is 0 Å². The van der Waals surface area contributed by atoms with Crippen molar-refractivity contribution in [2.45, 2.75) is 25.4 Å². The predicted octanol–water partition coefficient (Wildman–Crippen LogP) is 3.92. The van der Waals surface area contributed by atoms with Gasteiger partial charge in [0.05, 0.1) is 17.8 Å². The van der Waals surface area contributed by atoms with E-state index in [1.54, 1.807) is 19.1 Å². The fraction of sp³-hybridized carbons (Fsp3) is 0.286. The lowest BCUT2D eigenvalue weighted by Gasteiger charge is -2.37. The van der Waals surface area contributed by atoms with Gasteiger partial charge in [-0.05, 0) is 31.2 Å². The quantitative estimate of drug-likeness (QED) is 0.789. The highest BCUT2D eigenvalue weighted by atomic mass is 79.9. The summed E-state index contributed by atoms with van der Waals surface area (Å²) in [4.78, 5) is 0.271. The molecule has 0 aliphatic carbocycles. The highest BCUT2D eigenvalue weighted by Crippen LogP contribution is 2.32. The molecule has 1 aliphatic heterocycles. The summed E-state index contributed by atoms with van der Waals surface area (Å²) >= 11 is 8.54. The monoisotopic (exact) mass is 389 g/mol. The van der Waals surface area contributed by atoms with Crippen LogP contribution in [0, 0.1) is 5.82 Å². The Labute approximate surface area is 138 Å². The smallest absolute Gasteiger partial charge is 0.282 e. The Morgan fingerprint density at radius 2 is 2.14 bits per heavy atom. The number of hydrogen-bond acceptors (Lipinski definition) is 2. The number of thiocarbonyl (C=S) groups is 1. The summed E-state index contributed by atoms with van der Waals surface area (Å²) in [6, 6.07) is 5.85. The number of aromatic nitrogens is 2. The molecule has 1 aromatic carbocycles. The molecular formula is C14H11BrF3N3S. The average Bonchev–Trinajstić information content (AvgIpc) is 2.85. The number of benzene rings is 1. The SMILES string of the molecule is C[C@@]1(c2cc(Br)ccc2F)Cn2nc(C(F)F)cc2C(=S)N1. The Hall–Kier alpha value is -1.41. The molecule has 0 amide bonds. The van der Waals surface area contributed by atoms with E-state index in [0.717, 1.165) is 4.47 Å². The summed E-state index contributed by atoms with van der Waals surface area (Å²) in [5.41, 5.74) is -0.399. The first-order valence-corrected chi connectivity index (χ1v) is 7.64. The molecule has 0 fully saturated rings. The molecule has 2 heterocycles. The fourth-order valence-electron chi connectivity index (χ4n) is 2.57. The Morgan fingerprint density at radius 1 is 1.41 bits per heavy atom. The molecule has 0 unspecified atom stereocenters. The molecule has 1 aliphatic rings. The lowest BCUT2D eigenvalue weighted by molar-refractivity contribution is 0.144. The van der Waals surface area contributed by atoms with Crippen LogP contribution in [0.5, 0.6) is 0 Å². The fourth-order valence-corrected chi connectivity index (χ4v) is 3.32. The van der Waals surface area contributed by atoms with Crippen LogP contribution in [0.15, 0.2) is 28.7 Å². The normalized spacial score (nSPS) is 20.9. The Bertz CT molecular complexity index is 762. The minimum Gasteiger partial charge on any atom is -0.363 e. The number of alkyl halides is 2. The van der Waals surface area contributed by atoms with Crippen molar-refractivity contribution >= 4 is 33.1 Å². The average molecular weight is 390 g/mol. The third kappa shape index (κ3) is 2.54. The third-order valence-electron chi connectivity index (χ3n) is 3.63. The Morgan fingerprint density at radius 3 is 2.82 bits per heavy atom. The maximum absolute atomic E-state index is 14.2. The van der Waals surface area contributed by atoms with Gasteiger partial charge in [-0.3, -0.25) is 4.68 Å². The van der Waals surface area contributed by atoms with Gasteiger partial charge < -0.3 is 5.32 Å². The van der Waals surface area contributed by atoms with Gasteiger partial charge in [0.15, 0.2) is 0 Å². The van der Waals surface area contributed by atoms with E-state index >= 15 is 0 Å². The van der Waals surface area contributed by atoms with Crippen LogP contribution in [-0.2, 0) is 12.1 Å². The predicted molar refractivity (Wildman–Crippen MR) is 83.5 cm³/mol. The van der Waals surface area contributed by atoms with E-state index in [0.29, 0.717) is 11.3 Å². The molecule has 0 saturated carbocycles. The van der Waals surface area contributed by atoms with E-state index in [1.807, 2.05) is 0 Å². The van der Waals surface area contributed by atoms with E-state index < -0.39 is 17.8 Å². The van der Waals surface area contributed by atoms with E-state index in [1.165, 1.54) is 16.8 Å². The molecule has 0 spiro atoms. The van der Waals surface area contributed by atoms with Crippen molar-refractivity contribution in [1.29, 1.82) is 0 Å². The van der Waals surface area contributed by atoms with E-state index in [4.69, 9.17) is 12.2 Å². The van der Waals surface area contributed by atoms with Gasteiger partial charge in [0.25, 0.3) is 6.43 Å². The van der Waals surface area contributed by atoms with Gasteiger partial charge in [-0.1, -0.05) is 28.1 Å². The van der Waals surface area contributed by atoms with E-state index in [2.05, 4.69) is 26.3 Å². The maximum Gasteiger partial charge on any atom is 0.282 e. The van der Waals surface area contributed by atoms with Gasteiger partial charge in [-0.2, -0.15) is 5.10 Å². The van der Waals surface area contributed by atoms with E-state index in [-0.39, 0.29) is 17.2 Å². The van der Waals surface area contributed by atoms with E-state index in [9.17, 15) is 13.2 Å². The second-order valence-corrected chi connectivity index (χ2v) is 6.65. The van der Waals surface area contributed by atoms with Crippen molar-refractivity contribution in [2.24, 2.45) is 0 Å². The summed E-state index contributed by atoms with van der Waals surface area (Å²) in [6.45, 7) is 1.96. The summed E-state index contributed by atoms with van der Waals surface area (Å²) in [6.07, 6.45) is -2.67. The largest absolute Gasteiger partial charge is 0.363 e. The summed E-state index contributed by atoms with van der Waals surface area (Å²) < 4.78 is 41.9. The standard InChI is InChI=1S/C14H11BrF3N3S/c1-14(8-4-7(15)2-3-9(8)16)6-21-11(13(22)19-14)5-10(20-21)12(17)18/h2-5,12H,6H2,1H3,(H,19,22)/t14-/m0/s1. The Balaban J connectivity index is 2.07. The minimum absolute atomic E-state index is 0.197.